The monoisotopic (exact) mass is 267 g/mol. The van der Waals surface area contributed by atoms with Gasteiger partial charge in [0.1, 0.15) is 6.04 Å². The number of hydrogen-bond donors (Lipinski definition) is 1. The molecule has 1 rings (SSSR count). The summed E-state index contributed by atoms with van der Waals surface area (Å²) in [7, 11) is 1.27. The minimum absolute atomic E-state index is 0.382. The Labute approximate surface area is 111 Å². The number of amides is 1. The molecule has 0 saturated carbocycles. The van der Waals surface area contributed by atoms with E-state index in [2.05, 4.69) is 10.1 Å². The molecule has 1 aromatic carbocycles. The number of carbonyl (C=O) groups is 2. The van der Waals surface area contributed by atoms with Gasteiger partial charge in [0.15, 0.2) is 0 Å². The van der Waals surface area contributed by atoms with E-state index in [0.29, 0.717) is 5.02 Å². The number of methoxy groups -OCH3 is 1. The van der Waals surface area contributed by atoms with Gasteiger partial charge in [0, 0.05) is 11.1 Å². The molecule has 0 saturated heterocycles. The van der Waals surface area contributed by atoms with E-state index in [1.54, 1.807) is 31.2 Å². The van der Waals surface area contributed by atoms with E-state index in [4.69, 9.17) is 11.6 Å². The predicted octanol–water partition coefficient (Wildman–Crippen LogP) is 2.03. The van der Waals surface area contributed by atoms with Gasteiger partial charge in [-0.1, -0.05) is 29.8 Å². The van der Waals surface area contributed by atoms with Crippen LogP contribution in [0.2, 0.25) is 5.02 Å². The topological polar surface area (TPSA) is 55.4 Å². The Balaban J connectivity index is 2.60. The molecule has 0 spiro atoms. The van der Waals surface area contributed by atoms with Gasteiger partial charge in [0.25, 0.3) is 0 Å². The Morgan fingerprint density at radius 1 is 1.39 bits per heavy atom. The molecule has 96 valence electrons. The first-order chi connectivity index (χ1) is 8.54. The average Bonchev–Trinajstić information content (AvgIpc) is 2.36. The third-order valence-corrected chi connectivity index (χ3v) is 2.58. The van der Waals surface area contributed by atoms with Crippen LogP contribution < -0.4 is 5.32 Å². The molecule has 0 aliphatic carbocycles. The van der Waals surface area contributed by atoms with E-state index in [0.717, 1.165) is 5.56 Å². The highest BCUT2D eigenvalue weighted by Crippen LogP contribution is 2.15. The second-order valence-electron chi connectivity index (χ2n) is 3.61. The summed E-state index contributed by atoms with van der Waals surface area (Å²) in [5.41, 5.74) is 0.736. The lowest BCUT2D eigenvalue weighted by molar-refractivity contribution is -0.144. The molecular formula is C13H14ClNO3. The van der Waals surface area contributed by atoms with Crippen molar-refractivity contribution < 1.29 is 14.3 Å². The predicted molar refractivity (Wildman–Crippen MR) is 70.1 cm³/mol. The molecule has 0 radical (unpaired) electrons. The fourth-order valence-corrected chi connectivity index (χ4v) is 1.47. The van der Waals surface area contributed by atoms with Crippen LogP contribution in [0.3, 0.4) is 0 Å². The summed E-state index contributed by atoms with van der Waals surface area (Å²) < 4.78 is 4.50. The van der Waals surface area contributed by atoms with Crippen molar-refractivity contribution in [2.45, 2.75) is 13.0 Å². The third-order valence-electron chi connectivity index (χ3n) is 2.23. The minimum Gasteiger partial charge on any atom is -0.467 e. The van der Waals surface area contributed by atoms with Crippen molar-refractivity contribution in [1.29, 1.82) is 0 Å². The van der Waals surface area contributed by atoms with Crippen molar-refractivity contribution in [2.75, 3.05) is 7.11 Å². The lowest BCUT2D eigenvalue weighted by atomic mass is 10.2. The summed E-state index contributed by atoms with van der Waals surface area (Å²) in [4.78, 5) is 22.6. The zero-order chi connectivity index (χ0) is 13.5. The van der Waals surface area contributed by atoms with Gasteiger partial charge < -0.3 is 10.1 Å². The summed E-state index contributed by atoms with van der Waals surface area (Å²) in [5, 5.41) is 3.03. The number of hydrogen-bond acceptors (Lipinski definition) is 3. The summed E-state index contributed by atoms with van der Waals surface area (Å²) in [6.07, 6.45) is 2.91. The van der Waals surface area contributed by atoms with E-state index in [1.807, 2.05) is 6.07 Å². The molecule has 0 aliphatic rings. The normalized spacial score (nSPS) is 12.2. The van der Waals surface area contributed by atoms with Crippen LogP contribution >= 0.6 is 11.6 Å². The maximum atomic E-state index is 11.5. The standard InChI is InChI=1S/C13H14ClNO3/c1-9(13(17)18-2)15-12(16)8-7-10-5-3-4-6-11(10)14/h3-9H,1-2H3,(H,15,16)/b8-7+. The molecular weight excluding hydrogens is 254 g/mol. The Kier molecular flexibility index (Phi) is 5.39. The number of carbonyl (C=O) groups excluding carboxylic acids is 2. The fraction of sp³-hybridized carbons (Fsp3) is 0.231. The van der Waals surface area contributed by atoms with Gasteiger partial charge in [-0.25, -0.2) is 4.79 Å². The second kappa shape index (κ2) is 6.81. The average molecular weight is 268 g/mol. The van der Waals surface area contributed by atoms with Crippen LogP contribution in [-0.4, -0.2) is 25.0 Å². The highest BCUT2D eigenvalue weighted by Gasteiger charge is 2.13. The lowest BCUT2D eigenvalue weighted by Crippen LogP contribution is -2.38. The van der Waals surface area contributed by atoms with Crippen molar-refractivity contribution >= 4 is 29.6 Å². The second-order valence-corrected chi connectivity index (χ2v) is 4.02. The molecule has 1 N–H and O–H groups in total. The Bertz CT molecular complexity index is 471. The number of esters is 1. The maximum absolute atomic E-state index is 11.5. The first-order valence-corrected chi connectivity index (χ1v) is 5.73. The van der Waals surface area contributed by atoms with E-state index in [-0.39, 0.29) is 5.91 Å². The van der Waals surface area contributed by atoms with Crippen molar-refractivity contribution in [1.82, 2.24) is 5.32 Å². The van der Waals surface area contributed by atoms with E-state index in [1.165, 1.54) is 13.2 Å². The molecule has 0 aromatic heterocycles. The summed E-state index contributed by atoms with van der Waals surface area (Å²) in [5.74, 6) is -0.873. The third kappa shape index (κ3) is 4.22. The zero-order valence-corrected chi connectivity index (χ0v) is 10.9. The molecule has 0 heterocycles. The van der Waals surface area contributed by atoms with Gasteiger partial charge in [0.05, 0.1) is 7.11 Å². The van der Waals surface area contributed by atoms with Gasteiger partial charge in [-0.2, -0.15) is 0 Å². The molecule has 1 aromatic rings. The van der Waals surface area contributed by atoms with Crippen molar-refractivity contribution in [3.8, 4) is 0 Å². The zero-order valence-electron chi connectivity index (χ0n) is 10.1. The summed E-state index contributed by atoms with van der Waals surface area (Å²) >= 11 is 5.93. The fourth-order valence-electron chi connectivity index (χ4n) is 1.27. The molecule has 0 aliphatic heterocycles. The highest BCUT2D eigenvalue weighted by atomic mass is 35.5. The Morgan fingerprint density at radius 3 is 2.67 bits per heavy atom. The number of benzene rings is 1. The van der Waals surface area contributed by atoms with Crippen molar-refractivity contribution in [3.63, 3.8) is 0 Å². The molecule has 5 heteroatoms. The van der Waals surface area contributed by atoms with E-state index >= 15 is 0 Å². The SMILES string of the molecule is COC(=O)C(C)NC(=O)/C=C/c1ccccc1Cl. The van der Waals surface area contributed by atoms with Crippen LogP contribution in [0.5, 0.6) is 0 Å². The number of ether oxygens (including phenoxy) is 1. The highest BCUT2D eigenvalue weighted by molar-refractivity contribution is 6.32. The lowest BCUT2D eigenvalue weighted by Gasteiger charge is -2.09. The van der Waals surface area contributed by atoms with Crippen molar-refractivity contribution in [3.05, 3.63) is 40.9 Å². The van der Waals surface area contributed by atoms with Gasteiger partial charge in [-0.05, 0) is 24.6 Å². The van der Waals surface area contributed by atoms with Crippen LogP contribution in [0.25, 0.3) is 6.08 Å². The van der Waals surface area contributed by atoms with Gasteiger partial charge >= 0.3 is 5.97 Å². The molecule has 1 atom stereocenters. The molecule has 0 bridgehead atoms. The Morgan fingerprint density at radius 2 is 2.06 bits per heavy atom. The minimum atomic E-state index is -0.682. The number of halogens is 1. The molecule has 1 amide bonds. The van der Waals surface area contributed by atoms with E-state index < -0.39 is 12.0 Å². The Hall–Kier alpha value is -1.81. The summed E-state index contributed by atoms with van der Waals surface area (Å²) in [6.45, 7) is 1.55. The van der Waals surface area contributed by atoms with Gasteiger partial charge in [-0.3, -0.25) is 4.79 Å². The largest absolute Gasteiger partial charge is 0.467 e. The molecule has 4 nitrogen and oxygen atoms in total. The maximum Gasteiger partial charge on any atom is 0.328 e. The quantitative estimate of drug-likeness (QED) is 0.671. The summed E-state index contributed by atoms with van der Waals surface area (Å²) in [6, 6.07) is 6.46. The first-order valence-electron chi connectivity index (χ1n) is 5.35. The van der Waals surface area contributed by atoms with E-state index in [9.17, 15) is 9.59 Å². The smallest absolute Gasteiger partial charge is 0.328 e. The van der Waals surface area contributed by atoms with Crippen LogP contribution in [0, 0.1) is 0 Å². The number of rotatable bonds is 4. The first kappa shape index (κ1) is 14.3. The number of nitrogens with one attached hydrogen (secondary N) is 1. The van der Waals surface area contributed by atoms with Crippen LogP contribution in [0.4, 0.5) is 0 Å². The molecule has 0 fully saturated rings. The van der Waals surface area contributed by atoms with Gasteiger partial charge in [-0.15, -0.1) is 0 Å². The van der Waals surface area contributed by atoms with Crippen LogP contribution in [0.1, 0.15) is 12.5 Å². The molecule has 1 unspecified atom stereocenters. The van der Waals surface area contributed by atoms with Gasteiger partial charge in [0.2, 0.25) is 5.91 Å². The van der Waals surface area contributed by atoms with Crippen molar-refractivity contribution in [2.24, 2.45) is 0 Å². The molecule has 18 heavy (non-hydrogen) atoms. The van der Waals surface area contributed by atoms with Crippen LogP contribution in [0.15, 0.2) is 30.3 Å². The van der Waals surface area contributed by atoms with Crippen LogP contribution in [-0.2, 0) is 14.3 Å².